The summed E-state index contributed by atoms with van der Waals surface area (Å²) in [5, 5.41) is 11.9. The van der Waals surface area contributed by atoms with Crippen molar-refractivity contribution in [1.29, 1.82) is 0 Å². The van der Waals surface area contributed by atoms with E-state index in [1.165, 1.54) is 4.90 Å². The largest absolute Gasteiger partial charge is 0.480 e. The van der Waals surface area contributed by atoms with Gasteiger partial charge >= 0.3 is 12.0 Å². The molecule has 1 aliphatic heterocycles. The fourth-order valence-electron chi connectivity index (χ4n) is 2.12. The van der Waals surface area contributed by atoms with Crippen LogP contribution >= 0.6 is 0 Å². The predicted molar refractivity (Wildman–Crippen MR) is 71.1 cm³/mol. The second kappa shape index (κ2) is 7.99. The minimum atomic E-state index is -1.02. The summed E-state index contributed by atoms with van der Waals surface area (Å²) in [5.74, 6) is -1.02. The van der Waals surface area contributed by atoms with Crippen molar-refractivity contribution in [3.8, 4) is 0 Å². The molecule has 6 heteroatoms. The molecule has 6 nitrogen and oxygen atoms in total. The summed E-state index contributed by atoms with van der Waals surface area (Å²) in [4.78, 5) is 24.5. The maximum Gasteiger partial charge on any atom is 0.328 e. The number of hydrogen-bond acceptors (Lipinski definition) is 3. The highest BCUT2D eigenvalue weighted by Gasteiger charge is 2.33. The van der Waals surface area contributed by atoms with Gasteiger partial charge in [-0.2, -0.15) is 0 Å². The lowest BCUT2D eigenvalue weighted by Crippen LogP contribution is -2.56. The molecule has 0 aromatic heterocycles. The zero-order valence-corrected chi connectivity index (χ0v) is 11.7. The Balaban J connectivity index is 2.43. The molecule has 2 N–H and O–H groups in total. The Morgan fingerprint density at radius 3 is 2.84 bits per heavy atom. The lowest BCUT2D eigenvalue weighted by Gasteiger charge is -2.33. The second-order valence-corrected chi connectivity index (χ2v) is 4.97. The van der Waals surface area contributed by atoms with Crippen LogP contribution < -0.4 is 5.32 Å². The first-order valence-corrected chi connectivity index (χ1v) is 6.94. The Hall–Kier alpha value is -1.30. The monoisotopic (exact) mass is 272 g/mol. The van der Waals surface area contributed by atoms with Gasteiger partial charge in [0.25, 0.3) is 0 Å². The van der Waals surface area contributed by atoms with E-state index in [2.05, 4.69) is 12.2 Å². The third kappa shape index (κ3) is 5.06. The van der Waals surface area contributed by atoms with Gasteiger partial charge in [-0.3, -0.25) is 0 Å². The number of amides is 2. The van der Waals surface area contributed by atoms with E-state index in [4.69, 9.17) is 9.84 Å². The Bertz CT molecular complexity index is 309. The van der Waals surface area contributed by atoms with Gasteiger partial charge in [0.1, 0.15) is 0 Å². The first-order chi connectivity index (χ1) is 9.06. The van der Waals surface area contributed by atoms with Crippen molar-refractivity contribution in [2.45, 2.75) is 51.6 Å². The zero-order chi connectivity index (χ0) is 14.3. The van der Waals surface area contributed by atoms with E-state index in [0.29, 0.717) is 13.2 Å². The van der Waals surface area contributed by atoms with Crippen LogP contribution in [0.3, 0.4) is 0 Å². The third-order valence-corrected chi connectivity index (χ3v) is 3.28. The number of carboxylic acid groups (broad SMARTS) is 1. The standard InChI is InChI=1S/C13H24N2O4/c1-3-4-5-6-10(2)14-13(18)15-7-8-19-9-11(15)12(16)17/h10-11H,3-9H2,1-2H3,(H,14,18)(H,16,17). The average molecular weight is 272 g/mol. The molecular formula is C13H24N2O4. The Morgan fingerprint density at radius 1 is 1.47 bits per heavy atom. The molecule has 19 heavy (non-hydrogen) atoms. The molecular weight excluding hydrogens is 248 g/mol. The average Bonchev–Trinajstić information content (AvgIpc) is 2.39. The molecule has 0 aromatic rings. The summed E-state index contributed by atoms with van der Waals surface area (Å²) in [5.41, 5.74) is 0. The molecule has 0 saturated carbocycles. The van der Waals surface area contributed by atoms with Crippen LogP contribution in [0.5, 0.6) is 0 Å². The van der Waals surface area contributed by atoms with Crippen LogP contribution in [0.2, 0.25) is 0 Å². The van der Waals surface area contributed by atoms with Crippen molar-refractivity contribution < 1.29 is 19.4 Å². The first-order valence-electron chi connectivity index (χ1n) is 6.94. The highest BCUT2D eigenvalue weighted by atomic mass is 16.5. The lowest BCUT2D eigenvalue weighted by atomic mass is 10.1. The number of urea groups is 1. The number of hydrogen-bond donors (Lipinski definition) is 2. The number of nitrogens with zero attached hydrogens (tertiary/aromatic N) is 1. The molecule has 1 rings (SSSR count). The van der Waals surface area contributed by atoms with Gasteiger partial charge in [0.15, 0.2) is 6.04 Å². The van der Waals surface area contributed by atoms with E-state index >= 15 is 0 Å². The SMILES string of the molecule is CCCCCC(C)NC(=O)N1CCOCC1C(=O)O. The minimum Gasteiger partial charge on any atom is -0.480 e. The molecule has 1 fully saturated rings. The molecule has 0 aromatic carbocycles. The zero-order valence-electron chi connectivity index (χ0n) is 11.7. The van der Waals surface area contributed by atoms with E-state index in [-0.39, 0.29) is 18.7 Å². The first kappa shape index (κ1) is 15.8. The molecule has 1 aliphatic rings. The number of carbonyl (C=O) groups excluding carboxylic acids is 1. The van der Waals surface area contributed by atoms with E-state index < -0.39 is 12.0 Å². The number of morpholine rings is 1. The lowest BCUT2D eigenvalue weighted by molar-refractivity contribution is -0.147. The van der Waals surface area contributed by atoms with E-state index in [9.17, 15) is 9.59 Å². The van der Waals surface area contributed by atoms with E-state index in [1.54, 1.807) is 0 Å². The molecule has 0 bridgehead atoms. The summed E-state index contributed by atoms with van der Waals surface area (Å²) < 4.78 is 5.11. The molecule has 0 radical (unpaired) electrons. The van der Waals surface area contributed by atoms with E-state index in [0.717, 1.165) is 25.7 Å². The molecule has 110 valence electrons. The fourth-order valence-corrected chi connectivity index (χ4v) is 2.12. The Morgan fingerprint density at radius 2 is 2.21 bits per heavy atom. The maximum absolute atomic E-state index is 12.1. The van der Waals surface area contributed by atoms with Crippen LogP contribution in [0.25, 0.3) is 0 Å². The summed E-state index contributed by atoms with van der Waals surface area (Å²) in [7, 11) is 0. The predicted octanol–water partition coefficient (Wildman–Crippen LogP) is 1.45. The third-order valence-electron chi connectivity index (χ3n) is 3.28. The maximum atomic E-state index is 12.1. The van der Waals surface area contributed by atoms with Crippen LogP contribution in [-0.2, 0) is 9.53 Å². The van der Waals surface area contributed by atoms with Crippen molar-refractivity contribution in [2.75, 3.05) is 19.8 Å². The topological polar surface area (TPSA) is 78.9 Å². The number of aliphatic carboxylic acids is 1. The molecule has 2 atom stereocenters. The van der Waals surface area contributed by atoms with Gasteiger partial charge in [0.2, 0.25) is 0 Å². The quantitative estimate of drug-likeness (QED) is 0.717. The minimum absolute atomic E-state index is 0.0625. The van der Waals surface area contributed by atoms with Crippen molar-refractivity contribution >= 4 is 12.0 Å². The summed E-state index contributed by atoms with van der Waals surface area (Å²) in [6, 6.07) is -1.12. The van der Waals surface area contributed by atoms with Crippen molar-refractivity contribution in [2.24, 2.45) is 0 Å². The number of unbranched alkanes of at least 4 members (excludes halogenated alkanes) is 2. The molecule has 0 aliphatic carbocycles. The number of ether oxygens (including phenoxy) is 1. The summed E-state index contributed by atoms with van der Waals surface area (Å²) in [6.07, 6.45) is 4.28. The van der Waals surface area contributed by atoms with Gasteiger partial charge in [-0.25, -0.2) is 9.59 Å². The van der Waals surface area contributed by atoms with Crippen LogP contribution in [0, 0.1) is 0 Å². The number of carboxylic acids is 1. The van der Waals surface area contributed by atoms with Crippen LogP contribution in [-0.4, -0.2) is 53.8 Å². The molecule has 1 saturated heterocycles. The van der Waals surface area contributed by atoms with Crippen LogP contribution in [0.1, 0.15) is 39.5 Å². The number of nitrogens with one attached hydrogen (secondary N) is 1. The smallest absolute Gasteiger partial charge is 0.328 e. The van der Waals surface area contributed by atoms with Crippen molar-refractivity contribution in [1.82, 2.24) is 10.2 Å². The van der Waals surface area contributed by atoms with Gasteiger partial charge in [0.05, 0.1) is 13.2 Å². The van der Waals surface area contributed by atoms with Gasteiger partial charge in [0, 0.05) is 12.6 Å². The molecule has 0 spiro atoms. The second-order valence-electron chi connectivity index (χ2n) is 4.97. The molecule has 2 amide bonds. The van der Waals surface area contributed by atoms with Gasteiger partial charge < -0.3 is 20.1 Å². The Labute approximate surface area is 114 Å². The van der Waals surface area contributed by atoms with Gasteiger partial charge in [-0.1, -0.05) is 26.2 Å². The fraction of sp³-hybridized carbons (Fsp3) is 0.846. The normalized spacial score (nSPS) is 20.9. The van der Waals surface area contributed by atoms with E-state index in [1.807, 2.05) is 6.92 Å². The van der Waals surface area contributed by atoms with Gasteiger partial charge in [-0.05, 0) is 13.3 Å². The van der Waals surface area contributed by atoms with Gasteiger partial charge in [-0.15, -0.1) is 0 Å². The van der Waals surface area contributed by atoms with Crippen molar-refractivity contribution in [3.63, 3.8) is 0 Å². The molecule has 1 heterocycles. The van der Waals surface area contributed by atoms with Crippen LogP contribution in [0.4, 0.5) is 4.79 Å². The summed E-state index contributed by atoms with van der Waals surface area (Å²) >= 11 is 0. The number of rotatable bonds is 6. The number of carbonyl (C=O) groups is 2. The highest BCUT2D eigenvalue weighted by Crippen LogP contribution is 2.09. The van der Waals surface area contributed by atoms with Crippen molar-refractivity contribution in [3.05, 3.63) is 0 Å². The summed E-state index contributed by atoms with van der Waals surface area (Å²) in [6.45, 7) is 4.86. The highest BCUT2D eigenvalue weighted by molar-refractivity contribution is 5.83. The van der Waals surface area contributed by atoms with Crippen LogP contribution in [0.15, 0.2) is 0 Å². The Kier molecular flexibility index (Phi) is 6.62. The molecule has 2 unspecified atom stereocenters.